The maximum absolute atomic E-state index is 12.7. The number of anilines is 3. The SMILES string of the molecule is C=C(C#N)C(=O)N(CCNc1ncnc(N)c1C(=N)c1ccc(CO)cc1)c1ccccc1. The predicted octanol–water partition coefficient (Wildman–Crippen LogP) is 2.49. The molecular formula is C24H23N7O2. The summed E-state index contributed by atoms with van der Waals surface area (Å²) in [6.07, 6.45) is 1.29. The number of nitrogens with two attached hydrogens (primary N) is 1. The first-order chi connectivity index (χ1) is 16.0. The molecule has 0 fully saturated rings. The molecule has 0 bridgehead atoms. The third kappa shape index (κ3) is 5.39. The largest absolute Gasteiger partial charge is 0.392 e. The number of nitrogen functional groups attached to an aromatic ring is 1. The summed E-state index contributed by atoms with van der Waals surface area (Å²) in [7, 11) is 0. The van der Waals surface area contributed by atoms with Crippen LogP contribution in [-0.2, 0) is 11.4 Å². The molecule has 0 saturated carbocycles. The third-order valence-corrected chi connectivity index (χ3v) is 4.89. The average molecular weight is 441 g/mol. The zero-order chi connectivity index (χ0) is 23.8. The van der Waals surface area contributed by atoms with E-state index in [9.17, 15) is 9.90 Å². The monoisotopic (exact) mass is 441 g/mol. The number of rotatable bonds is 9. The molecule has 0 spiro atoms. The first-order valence-corrected chi connectivity index (χ1v) is 10.1. The molecule has 3 rings (SSSR count). The summed E-state index contributed by atoms with van der Waals surface area (Å²) >= 11 is 0. The Morgan fingerprint density at radius 2 is 1.88 bits per heavy atom. The molecule has 1 amide bonds. The minimum atomic E-state index is -0.496. The van der Waals surface area contributed by atoms with E-state index in [1.807, 2.05) is 6.07 Å². The van der Waals surface area contributed by atoms with Crippen molar-refractivity contribution in [2.45, 2.75) is 6.61 Å². The highest BCUT2D eigenvalue weighted by molar-refractivity contribution is 6.16. The number of para-hydroxylation sites is 1. The number of carbonyl (C=O) groups excluding carboxylic acids is 1. The van der Waals surface area contributed by atoms with Crippen LogP contribution in [0.4, 0.5) is 17.3 Å². The molecule has 0 radical (unpaired) electrons. The number of aliphatic hydroxyl groups excluding tert-OH is 1. The molecule has 1 aromatic heterocycles. The Morgan fingerprint density at radius 3 is 2.52 bits per heavy atom. The summed E-state index contributed by atoms with van der Waals surface area (Å²) < 4.78 is 0. The van der Waals surface area contributed by atoms with Gasteiger partial charge in [-0.3, -0.25) is 10.2 Å². The smallest absolute Gasteiger partial charge is 0.268 e. The molecule has 33 heavy (non-hydrogen) atoms. The third-order valence-electron chi connectivity index (χ3n) is 4.89. The number of nitriles is 1. The Balaban J connectivity index is 1.81. The lowest BCUT2D eigenvalue weighted by molar-refractivity contribution is -0.114. The fourth-order valence-electron chi connectivity index (χ4n) is 3.15. The summed E-state index contributed by atoms with van der Waals surface area (Å²) in [5.74, 6) is -0.0134. The summed E-state index contributed by atoms with van der Waals surface area (Å²) in [6.45, 7) is 3.91. The molecule has 3 aromatic rings. The predicted molar refractivity (Wildman–Crippen MR) is 127 cm³/mol. The van der Waals surface area contributed by atoms with Crippen molar-refractivity contribution in [3.8, 4) is 6.07 Å². The van der Waals surface area contributed by atoms with Gasteiger partial charge >= 0.3 is 0 Å². The van der Waals surface area contributed by atoms with Crippen LogP contribution in [0.25, 0.3) is 0 Å². The van der Waals surface area contributed by atoms with Crippen molar-refractivity contribution in [3.05, 3.63) is 89.8 Å². The van der Waals surface area contributed by atoms with Crippen LogP contribution in [0.15, 0.2) is 73.1 Å². The normalized spacial score (nSPS) is 10.2. The standard InChI is InChI=1S/C24H23N7O2/c1-16(13-25)24(33)31(19-5-3-2-4-6-19)12-11-28-23-20(22(27)29-15-30-23)21(26)18-9-7-17(14-32)8-10-18/h2-10,15,26,32H,1,11-12,14H2,(H3,27,28,29,30). The van der Waals surface area contributed by atoms with Crippen LogP contribution in [-0.4, -0.2) is 39.8 Å². The highest BCUT2D eigenvalue weighted by Crippen LogP contribution is 2.22. The van der Waals surface area contributed by atoms with Crippen LogP contribution in [0.3, 0.4) is 0 Å². The second kappa shape index (κ2) is 10.7. The van der Waals surface area contributed by atoms with Gasteiger partial charge in [-0.15, -0.1) is 0 Å². The van der Waals surface area contributed by atoms with Crippen LogP contribution in [0.2, 0.25) is 0 Å². The zero-order valence-corrected chi connectivity index (χ0v) is 17.8. The highest BCUT2D eigenvalue weighted by Gasteiger charge is 2.20. The van der Waals surface area contributed by atoms with Gasteiger partial charge in [-0.1, -0.05) is 49.0 Å². The van der Waals surface area contributed by atoms with E-state index in [0.29, 0.717) is 22.6 Å². The van der Waals surface area contributed by atoms with E-state index in [0.717, 1.165) is 5.56 Å². The number of hydrogen-bond acceptors (Lipinski definition) is 8. The van der Waals surface area contributed by atoms with E-state index in [4.69, 9.17) is 16.4 Å². The summed E-state index contributed by atoms with van der Waals surface area (Å²) in [5, 5.41) is 30.1. The molecular weight excluding hydrogens is 418 g/mol. The van der Waals surface area contributed by atoms with Gasteiger partial charge < -0.3 is 21.1 Å². The Labute approximate surface area is 191 Å². The fraction of sp³-hybridized carbons (Fsp3) is 0.125. The molecule has 0 aliphatic carbocycles. The number of hydrogen-bond donors (Lipinski definition) is 4. The lowest BCUT2D eigenvalue weighted by atomic mass is 10.0. The molecule has 0 aliphatic rings. The Kier molecular flexibility index (Phi) is 7.47. The topological polar surface area (TPSA) is 152 Å². The van der Waals surface area contributed by atoms with Crippen molar-refractivity contribution in [1.29, 1.82) is 10.7 Å². The van der Waals surface area contributed by atoms with E-state index < -0.39 is 5.91 Å². The van der Waals surface area contributed by atoms with Gasteiger partial charge in [-0.25, -0.2) is 9.97 Å². The number of nitrogens with one attached hydrogen (secondary N) is 2. The number of carbonyl (C=O) groups is 1. The molecule has 9 heteroatoms. The van der Waals surface area contributed by atoms with Crippen molar-refractivity contribution in [2.75, 3.05) is 29.0 Å². The van der Waals surface area contributed by atoms with Gasteiger partial charge in [-0.2, -0.15) is 5.26 Å². The minimum Gasteiger partial charge on any atom is -0.392 e. The molecule has 0 atom stereocenters. The lowest BCUT2D eigenvalue weighted by Crippen LogP contribution is -2.36. The quantitative estimate of drug-likeness (QED) is 0.226. The summed E-state index contributed by atoms with van der Waals surface area (Å²) in [5.41, 5.74) is 8.28. The molecule has 2 aromatic carbocycles. The Bertz CT molecular complexity index is 1200. The molecule has 9 nitrogen and oxygen atoms in total. The van der Waals surface area contributed by atoms with E-state index >= 15 is 0 Å². The molecule has 0 aliphatic heterocycles. The van der Waals surface area contributed by atoms with E-state index in [1.54, 1.807) is 54.6 Å². The van der Waals surface area contributed by atoms with E-state index in [-0.39, 0.29) is 36.8 Å². The molecule has 166 valence electrons. The average Bonchev–Trinajstić information content (AvgIpc) is 2.86. The fourth-order valence-corrected chi connectivity index (χ4v) is 3.15. The Hall–Kier alpha value is -4.55. The van der Waals surface area contributed by atoms with Crippen LogP contribution >= 0.6 is 0 Å². The number of benzene rings is 2. The number of aliphatic hydroxyl groups is 1. The molecule has 5 N–H and O–H groups in total. The van der Waals surface area contributed by atoms with Gasteiger partial charge in [-0.05, 0) is 17.7 Å². The first-order valence-electron chi connectivity index (χ1n) is 10.1. The summed E-state index contributed by atoms with van der Waals surface area (Å²) in [4.78, 5) is 22.3. The van der Waals surface area contributed by atoms with E-state index in [1.165, 1.54) is 11.2 Å². The second-order valence-corrected chi connectivity index (χ2v) is 7.02. The van der Waals surface area contributed by atoms with Gasteiger partial charge in [0, 0.05) is 24.3 Å². The van der Waals surface area contributed by atoms with Gasteiger partial charge in [0.25, 0.3) is 5.91 Å². The van der Waals surface area contributed by atoms with Crippen molar-refractivity contribution in [3.63, 3.8) is 0 Å². The van der Waals surface area contributed by atoms with Crippen LogP contribution in [0.5, 0.6) is 0 Å². The van der Waals surface area contributed by atoms with Gasteiger partial charge in [0.15, 0.2) is 0 Å². The van der Waals surface area contributed by atoms with Crippen molar-refractivity contribution < 1.29 is 9.90 Å². The lowest BCUT2D eigenvalue weighted by Gasteiger charge is -2.23. The first kappa shape index (κ1) is 23.1. The number of aromatic nitrogens is 2. The van der Waals surface area contributed by atoms with Crippen molar-refractivity contribution in [2.24, 2.45) is 0 Å². The van der Waals surface area contributed by atoms with Crippen LogP contribution in [0, 0.1) is 16.7 Å². The second-order valence-electron chi connectivity index (χ2n) is 7.02. The van der Waals surface area contributed by atoms with Gasteiger partial charge in [0.05, 0.1) is 17.9 Å². The number of nitrogens with zero attached hydrogens (tertiary/aromatic N) is 4. The molecule has 1 heterocycles. The van der Waals surface area contributed by atoms with Crippen molar-refractivity contribution in [1.82, 2.24) is 9.97 Å². The maximum Gasteiger partial charge on any atom is 0.268 e. The Morgan fingerprint density at radius 1 is 1.18 bits per heavy atom. The van der Waals surface area contributed by atoms with Crippen LogP contribution < -0.4 is 16.0 Å². The zero-order valence-electron chi connectivity index (χ0n) is 17.8. The molecule has 0 unspecified atom stereocenters. The van der Waals surface area contributed by atoms with E-state index in [2.05, 4.69) is 21.9 Å². The highest BCUT2D eigenvalue weighted by atomic mass is 16.3. The minimum absolute atomic E-state index is 0.0914. The molecule has 0 saturated heterocycles. The maximum atomic E-state index is 12.7. The van der Waals surface area contributed by atoms with Crippen molar-refractivity contribution >= 4 is 28.9 Å². The summed E-state index contributed by atoms with van der Waals surface area (Å²) in [6, 6.07) is 17.6. The van der Waals surface area contributed by atoms with Gasteiger partial charge in [0.2, 0.25) is 0 Å². The number of amides is 1. The van der Waals surface area contributed by atoms with Crippen LogP contribution in [0.1, 0.15) is 16.7 Å². The van der Waals surface area contributed by atoms with Gasteiger partial charge in [0.1, 0.15) is 29.6 Å².